The molecule has 42 heavy (non-hydrogen) atoms. The Hall–Kier alpha value is -3.52. The largest absolute Gasteiger partial charge is 0.393 e. The van der Waals surface area contributed by atoms with Crippen molar-refractivity contribution in [2.45, 2.75) is 76.5 Å². The highest BCUT2D eigenvalue weighted by atomic mass is 32.1. The minimum Gasteiger partial charge on any atom is -0.378 e. The van der Waals surface area contributed by atoms with Gasteiger partial charge in [-0.1, -0.05) is 31.1 Å². The van der Waals surface area contributed by atoms with Crippen LogP contribution in [-0.4, -0.2) is 68.0 Å². The van der Waals surface area contributed by atoms with Crippen molar-refractivity contribution in [3.05, 3.63) is 47.9 Å². The first-order chi connectivity index (χ1) is 20.0. The zero-order chi connectivity index (χ0) is 30.2. The fourth-order valence-electron chi connectivity index (χ4n) is 5.70. The van der Waals surface area contributed by atoms with Gasteiger partial charge in [0.2, 0.25) is 11.7 Å². The Kier molecular flexibility index (Phi) is 8.56. The van der Waals surface area contributed by atoms with E-state index < -0.39 is 30.7 Å². The van der Waals surface area contributed by atoms with Crippen molar-refractivity contribution in [3.8, 4) is 10.7 Å². The lowest BCUT2D eigenvalue weighted by atomic mass is 9.87. The number of fused-ring (bicyclic) bond motifs is 1. The molecule has 4 heterocycles. The van der Waals surface area contributed by atoms with Crippen LogP contribution in [0.4, 0.5) is 23.2 Å². The normalized spacial score (nSPS) is 21.6. The van der Waals surface area contributed by atoms with Crippen LogP contribution in [0.1, 0.15) is 55.1 Å². The third kappa shape index (κ3) is 6.14. The Bertz CT molecular complexity index is 1550. The van der Waals surface area contributed by atoms with Gasteiger partial charge in [0.25, 0.3) is 5.91 Å². The topological polar surface area (TPSA) is 101 Å². The molecule has 1 aliphatic heterocycles. The van der Waals surface area contributed by atoms with Crippen LogP contribution < -0.4 is 10.6 Å². The van der Waals surface area contributed by atoms with Crippen LogP contribution in [0.25, 0.3) is 20.8 Å². The summed E-state index contributed by atoms with van der Waals surface area (Å²) in [4.78, 5) is 22.9. The Balaban J connectivity index is 1.45. The second-order valence-corrected chi connectivity index (χ2v) is 11.7. The SMILES string of the molecule is CCC1CC(Nc2cccc3c(CC(F)(F)F)c(-c4noc(CNC(=O)c5cn(C)cn5)n4)sc23)C(F)C(CC)N1C. The van der Waals surface area contributed by atoms with Crippen LogP contribution in [0, 0.1) is 0 Å². The van der Waals surface area contributed by atoms with Crippen LogP contribution in [0.3, 0.4) is 0 Å². The summed E-state index contributed by atoms with van der Waals surface area (Å²) in [6.45, 7) is 3.91. The minimum absolute atomic E-state index is 0.0109. The van der Waals surface area contributed by atoms with Crippen LogP contribution in [0.5, 0.6) is 0 Å². The lowest BCUT2D eigenvalue weighted by molar-refractivity contribution is -0.126. The molecule has 1 fully saturated rings. The molecule has 2 N–H and O–H groups in total. The number of halogens is 4. The molecule has 1 saturated heterocycles. The van der Waals surface area contributed by atoms with E-state index in [9.17, 15) is 18.0 Å². The molecule has 4 unspecified atom stereocenters. The predicted molar refractivity (Wildman–Crippen MR) is 152 cm³/mol. The van der Waals surface area contributed by atoms with Gasteiger partial charge in [0.1, 0.15) is 11.9 Å². The Morgan fingerprint density at radius 1 is 1.21 bits per heavy atom. The summed E-state index contributed by atoms with van der Waals surface area (Å²) >= 11 is 1.10. The summed E-state index contributed by atoms with van der Waals surface area (Å²) in [5.41, 5.74) is 0.791. The lowest BCUT2D eigenvalue weighted by Gasteiger charge is -2.45. The number of benzene rings is 1. The summed E-state index contributed by atoms with van der Waals surface area (Å²) < 4.78 is 64.4. The standard InChI is InChI=1S/C28H33F4N7O2S/c1-5-15-10-19(23(29)21(6-2)39(15)4)35-18-9-7-8-16-17(11-28(30,31)32)25(42-24(16)18)26-36-22(41-37-26)12-33-27(40)20-13-38(3)14-34-20/h7-9,13-15,19,21,23,35H,5-6,10-12H2,1-4H3,(H,33,40). The van der Waals surface area contributed by atoms with E-state index in [0.717, 1.165) is 17.8 Å². The molecule has 0 spiro atoms. The van der Waals surface area contributed by atoms with Gasteiger partial charge in [0, 0.05) is 25.3 Å². The fourth-order valence-corrected chi connectivity index (χ4v) is 6.92. The maximum atomic E-state index is 15.7. The third-order valence-corrected chi connectivity index (χ3v) is 9.09. The number of amides is 1. The van der Waals surface area contributed by atoms with E-state index in [4.69, 9.17) is 4.52 Å². The van der Waals surface area contributed by atoms with Gasteiger partial charge < -0.3 is 19.7 Å². The van der Waals surface area contributed by atoms with Crippen molar-refractivity contribution in [2.24, 2.45) is 7.05 Å². The zero-order valence-electron chi connectivity index (χ0n) is 23.7. The van der Waals surface area contributed by atoms with E-state index in [-0.39, 0.29) is 46.5 Å². The Morgan fingerprint density at radius 2 is 2.00 bits per heavy atom. The van der Waals surface area contributed by atoms with E-state index >= 15 is 4.39 Å². The number of nitrogens with one attached hydrogen (secondary N) is 2. The first-order valence-electron chi connectivity index (χ1n) is 13.8. The van der Waals surface area contributed by atoms with E-state index in [0.29, 0.717) is 28.6 Å². The van der Waals surface area contributed by atoms with Crippen LogP contribution in [0.2, 0.25) is 0 Å². The molecule has 1 aromatic carbocycles. The molecule has 0 aliphatic carbocycles. The average Bonchev–Trinajstić information content (AvgIpc) is 3.68. The zero-order valence-corrected chi connectivity index (χ0v) is 24.5. The van der Waals surface area contributed by atoms with Gasteiger partial charge in [0.05, 0.1) is 40.6 Å². The molecule has 3 aromatic heterocycles. The number of nitrogens with zero attached hydrogens (tertiary/aromatic N) is 5. The number of aryl methyl sites for hydroxylation is 1. The molecule has 0 bridgehead atoms. The summed E-state index contributed by atoms with van der Waals surface area (Å²) in [6, 6.07) is 4.51. The quantitative estimate of drug-likeness (QED) is 0.234. The summed E-state index contributed by atoms with van der Waals surface area (Å²) in [5.74, 6) is -0.435. The van der Waals surface area contributed by atoms with Crippen molar-refractivity contribution < 1.29 is 26.9 Å². The van der Waals surface area contributed by atoms with E-state index in [1.54, 1.807) is 36.0 Å². The number of imidazole rings is 1. The molecule has 1 aliphatic rings. The number of alkyl halides is 4. The first kappa shape index (κ1) is 30.0. The number of carbonyl (C=O) groups is 1. The average molecular weight is 608 g/mol. The molecule has 9 nitrogen and oxygen atoms in total. The van der Waals surface area contributed by atoms with Crippen LogP contribution >= 0.6 is 11.3 Å². The van der Waals surface area contributed by atoms with Crippen molar-refractivity contribution in [1.82, 2.24) is 29.9 Å². The number of hydrogen-bond donors (Lipinski definition) is 2. The van der Waals surface area contributed by atoms with Crippen molar-refractivity contribution in [1.29, 1.82) is 0 Å². The molecule has 0 saturated carbocycles. The Labute approximate surface area is 244 Å². The number of thiophene rings is 1. The molecule has 0 radical (unpaired) electrons. The van der Waals surface area contributed by atoms with Gasteiger partial charge in [-0.2, -0.15) is 18.2 Å². The smallest absolute Gasteiger partial charge is 0.378 e. The monoisotopic (exact) mass is 607 g/mol. The van der Waals surface area contributed by atoms with E-state index in [2.05, 4.69) is 37.6 Å². The summed E-state index contributed by atoms with van der Waals surface area (Å²) in [6.07, 6.45) is -1.71. The molecule has 5 rings (SSSR count). The second kappa shape index (κ2) is 12.0. The van der Waals surface area contributed by atoms with Gasteiger partial charge in [-0.05, 0) is 43.3 Å². The van der Waals surface area contributed by atoms with Crippen LogP contribution in [-0.2, 0) is 20.0 Å². The highest BCUT2D eigenvalue weighted by molar-refractivity contribution is 7.23. The highest BCUT2D eigenvalue weighted by Gasteiger charge is 2.40. The van der Waals surface area contributed by atoms with Crippen molar-refractivity contribution in [3.63, 3.8) is 0 Å². The maximum Gasteiger partial charge on any atom is 0.393 e. The van der Waals surface area contributed by atoms with E-state index in [1.165, 1.54) is 6.33 Å². The highest BCUT2D eigenvalue weighted by Crippen LogP contribution is 2.44. The van der Waals surface area contributed by atoms with Gasteiger partial charge >= 0.3 is 6.18 Å². The number of carbonyl (C=O) groups excluding carboxylic acids is 1. The van der Waals surface area contributed by atoms with Crippen LogP contribution in [0.15, 0.2) is 35.2 Å². The molecule has 4 aromatic rings. The van der Waals surface area contributed by atoms with Crippen molar-refractivity contribution >= 4 is 33.0 Å². The lowest BCUT2D eigenvalue weighted by Crippen LogP contribution is -2.57. The number of aromatic nitrogens is 4. The third-order valence-electron chi connectivity index (χ3n) is 7.81. The second-order valence-electron chi connectivity index (χ2n) is 10.6. The maximum absolute atomic E-state index is 15.7. The minimum atomic E-state index is -4.49. The number of rotatable bonds is 9. The number of piperidine rings is 1. The van der Waals surface area contributed by atoms with Gasteiger partial charge in [0.15, 0.2) is 0 Å². The first-order valence-corrected chi connectivity index (χ1v) is 14.6. The van der Waals surface area contributed by atoms with Gasteiger partial charge in [-0.25, -0.2) is 9.37 Å². The van der Waals surface area contributed by atoms with Crippen molar-refractivity contribution in [2.75, 3.05) is 12.4 Å². The number of likely N-dealkylation sites (tertiary alicyclic amines) is 1. The molecule has 226 valence electrons. The fraction of sp³-hybridized carbons (Fsp3) is 0.500. The van der Waals surface area contributed by atoms with E-state index in [1.807, 2.05) is 14.0 Å². The van der Waals surface area contributed by atoms with Gasteiger partial charge in [-0.3, -0.25) is 9.69 Å². The molecule has 4 atom stereocenters. The Morgan fingerprint density at radius 3 is 2.67 bits per heavy atom. The summed E-state index contributed by atoms with van der Waals surface area (Å²) in [7, 11) is 3.68. The molecular formula is C28H33F4N7O2S. The number of anilines is 1. The number of hydrogen-bond acceptors (Lipinski definition) is 8. The molecular weight excluding hydrogens is 574 g/mol. The molecule has 14 heteroatoms. The predicted octanol–water partition coefficient (Wildman–Crippen LogP) is 5.73. The molecule has 1 amide bonds. The summed E-state index contributed by atoms with van der Waals surface area (Å²) in [5, 5.41) is 10.3. The van der Waals surface area contributed by atoms with Gasteiger partial charge in [-0.15, -0.1) is 11.3 Å².